The van der Waals surface area contributed by atoms with Crippen LogP contribution in [0.25, 0.3) is 0 Å². The fourth-order valence-electron chi connectivity index (χ4n) is 2.14. The Balaban J connectivity index is 2.49. The number of carboxylic acids is 1. The lowest BCUT2D eigenvalue weighted by molar-refractivity contribution is 0.0695. The molecule has 0 radical (unpaired) electrons. The number of hydrogen-bond donors (Lipinski definition) is 1. The third kappa shape index (κ3) is 2.62. The first-order valence-corrected chi connectivity index (χ1v) is 8.50. The van der Waals surface area contributed by atoms with Crippen molar-refractivity contribution in [1.29, 1.82) is 0 Å². The van der Waals surface area contributed by atoms with Crippen molar-refractivity contribution in [2.75, 3.05) is 7.05 Å². The molecule has 0 unspecified atom stereocenters. The normalized spacial score (nSPS) is 16.2. The fourth-order valence-corrected chi connectivity index (χ4v) is 4.22. The molecule has 1 aromatic rings. The third-order valence-corrected chi connectivity index (χ3v) is 6.53. The monoisotopic (exact) mass is 361 g/mol. The van der Waals surface area contributed by atoms with Crippen LogP contribution in [0.1, 0.15) is 35.2 Å². The molecule has 1 aromatic carbocycles. The summed E-state index contributed by atoms with van der Waals surface area (Å²) < 4.78 is 26.9. The molecule has 0 atom stereocenters. The number of carboxylic acid groups (broad SMARTS) is 1. The molecule has 1 aliphatic carbocycles. The van der Waals surface area contributed by atoms with Crippen molar-refractivity contribution in [3.05, 3.63) is 27.7 Å². The zero-order valence-electron chi connectivity index (χ0n) is 11.3. The second-order valence-corrected chi connectivity index (χ2v) is 7.84. The number of aromatic carboxylic acids is 1. The van der Waals surface area contributed by atoms with Gasteiger partial charge in [-0.15, -0.1) is 0 Å². The van der Waals surface area contributed by atoms with E-state index < -0.39 is 16.0 Å². The molecule has 0 aromatic heterocycles. The largest absolute Gasteiger partial charge is 0.478 e. The summed E-state index contributed by atoms with van der Waals surface area (Å²) in [7, 11) is -2.11. The van der Waals surface area contributed by atoms with Crippen molar-refractivity contribution in [3.8, 4) is 0 Å². The van der Waals surface area contributed by atoms with E-state index in [1.54, 1.807) is 14.0 Å². The second-order valence-electron chi connectivity index (χ2n) is 4.99. The predicted octanol–water partition coefficient (Wildman–Crippen LogP) is 2.63. The highest BCUT2D eigenvalue weighted by molar-refractivity contribution is 9.10. The zero-order chi connectivity index (χ0) is 15.1. The lowest BCUT2D eigenvalue weighted by Gasteiger charge is -2.33. The first-order valence-electron chi connectivity index (χ1n) is 6.26. The number of nitrogens with zero attached hydrogens (tertiary/aromatic N) is 1. The molecule has 7 heteroatoms. The maximum atomic E-state index is 12.5. The topological polar surface area (TPSA) is 74.7 Å². The van der Waals surface area contributed by atoms with E-state index in [4.69, 9.17) is 5.11 Å². The molecule has 0 bridgehead atoms. The maximum Gasteiger partial charge on any atom is 0.336 e. The highest BCUT2D eigenvalue weighted by Crippen LogP contribution is 2.31. The molecule has 1 N–H and O–H groups in total. The van der Waals surface area contributed by atoms with E-state index in [0.717, 1.165) is 19.3 Å². The maximum absolute atomic E-state index is 12.5. The molecule has 2 rings (SSSR count). The molecule has 1 saturated carbocycles. The average Bonchev–Trinajstić information content (AvgIpc) is 2.29. The number of sulfonamides is 1. The molecule has 110 valence electrons. The Bertz CT molecular complexity index is 653. The van der Waals surface area contributed by atoms with Gasteiger partial charge in [-0.2, -0.15) is 4.31 Å². The molecule has 1 aliphatic rings. The van der Waals surface area contributed by atoms with Gasteiger partial charge < -0.3 is 5.11 Å². The van der Waals surface area contributed by atoms with Crippen LogP contribution in [-0.2, 0) is 10.0 Å². The number of hydrogen-bond acceptors (Lipinski definition) is 3. The number of benzene rings is 1. The van der Waals surface area contributed by atoms with Crippen LogP contribution in [0.15, 0.2) is 21.5 Å². The van der Waals surface area contributed by atoms with Gasteiger partial charge >= 0.3 is 5.97 Å². The van der Waals surface area contributed by atoms with E-state index in [1.165, 1.54) is 16.4 Å². The van der Waals surface area contributed by atoms with Crippen LogP contribution in [0.3, 0.4) is 0 Å². The van der Waals surface area contributed by atoms with Gasteiger partial charge in [0.1, 0.15) is 0 Å². The van der Waals surface area contributed by atoms with Crippen molar-refractivity contribution in [2.45, 2.75) is 37.1 Å². The van der Waals surface area contributed by atoms with E-state index in [-0.39, 0.29) is 16.5 Å². The van der Waals surface area contributed by atoms with E-state index in [2.05, 4.69) is 15.9 Å². The Morgan fingerprint density at radius 3 is 2.45 bits per heavy atom. The summed E-state index contributed by atoms with van der Waals surface area (Å²) in [6.07, 6.45) is 2.74. The van der Waals surface area contributed by atoms with Gasteiger partial charge in [-0.25, -0.2) is 13.2 Å². The molecule has 0 aliphatic heterocycles. The molecular weight excluding hydrogens is 346 g/mol. The van der Waals surface area contributed by atoms with Gasteiger partial charge in [0, 0.05) is 17.6 Å². The molecule has 0 spiro atoms. The molecule has 0 heterocycles. The number of rotatable bonds is 4. The Labute approximate surface area is 126 Å². The molecule has 0 amide bonds. The zero-order valence-corrected chi connectivity index (χ0v) is 13.7. The molecule has 5 nitrogen and oxygen atoms in total. The first-order chi connectivity index (χ1) is 9.25. The van der Waals surface area contributed by atoms with Crippen LogP contribution in [0.4, 0.5) is 0 Å². The summed E-state index contributed by atoms with van der Waals surface area (Å²) >= 11 is 3.23. The summed E-state index contributed by atoms with van der Waals surface area (Å²) in [4.78, 5) is 11.2. The quantitative estimate of drug-likeness (QED) is 0.894. The smallest absolute Gasteiger partial charge is 0.336 e. The Morgan fingerprint density at radius 2 is 2.00 bits per heavy atom. The highest BCUT2D eigenvalue weighted by Gasteiger charge is 2.32. The van der Waals surface area contributed by atoms with Gasteiger partial charge in [-0.05, 0) is 37.5 Å². The summed E-state index contributed by atoms with van der Waals surface area (Å²) in [5, 5.41) is 9.16. The third-order valence-electron chi connectivity index (χ3n) is 3.81. The average molecular weight is 362 g/mol. The summed E-state index contributed by atoms with van der Waals surface area (Å²) in [6.45, 7) is 1.64. The van der Waals surface area contributed by atoms with Gasteiger partial charge in [-0.1, -0.05) is 22.4 Å². The Morgan fingerprint density at radius 1 is 1.40 bits per heavy atom. The molecular formula is C13H16BrNO4S. The van der Waals surface area contributed by atoms with Crippen molar-refractivity contribution in [1.82, 2.24) is 4.31 Å². The van der Waals surface area contributed by atoms with Crippen LogP contribution < -0.4 is 0 Å². The highest BCUT2D eigenvalue weighted by atomic mass is 79.9. The van der Waals surface area contributed by atoms with Crippen LogP contribution in [0.5, 0.6) is 0 Å². The lowest BCUT2D eigenvalue weighted by Crippen LogP contribution is -2.41. The van der Waals surface area contributed by atoms with Crippen LogP contribution >= 0.6 is 15.9 Å². The van der Waals surface area contributed by atoms with Gasteiger partial charge in [0.25, 0.3) is 0 Å². The first kappa shape index (κ1) is 15.5. The summed E-state index contributed by atoms with van der Waals surface area (Å²) in [5.41, 5.74) is 0.516. The number of halogens is 1. The van der Waals surface area contributed by atoms with Gasteiger partial charge in [-0.3, -0.25) is 0 Å². The van der Waals surface area contributed by atoms with Crippen molar-refractivity contribution in [2.24, 2.45) is 0 Å². The summed E-state index contributed by atoms with van der Waals surface area (Å²) in [6, 6.07) is 2.72. The molecule has 1 fully saturated rings. The minimum atomic E-state index is -3.65. The predicted molar refractivity (Wildman–Crippen MR) is 78.4 cm³/mol. The van der Waals surface area contributed by atoms with Crippen LogP contribution in [-0.4, -0.2) is 36.9 Å². The molecule has 20 heavy (non-hydrogen) atoms. The number of carbonyl (C=O) groups is 1. The van der Waals surface area contributed by atoms with E-state index in [1.807, 2.05) is 0 Å². The fraction of sp³-hybridized carbons (Fsp3) is 0.462. The van der Waals surface area contributed by atoms with E-state index in [0.29, 0.717) is 10.0 Å². The minimum absolute atomic E-state index is 0.0000376. The van der Waals surface area contributed by atoms with E-state index >= 15 is 0 Å². The Kier molecular flexibility index (Phi) is 4.22. The van der Waals surface area contributed by atoms with Gasteiger partial charge in [0.05, 0.1) is 10.5 Å². The lowest BCUT2D eigenvalue weighted by atomic mass is 9.94. The second kappa shape index (κ2) is 5.46. The van der Waals surface area contributed by atoms with Gasteiger partial charge in [0.2, 0.25) is 10.0 Å². The van der Waals surface area contributed by atoms with Crippen molar-refractivity contribution < 1.29 is 18.3 Å². The molecule has 0 saturated heterocycles. The SMILES string of the molecule is Cc1c(Br)cc(S(=O)(=O)N(C)C2CCC2)cc1C(=O)O. The summed E-state index contributed by atoms with van der Waals surface area (Å²) in [5.74, 6) is -1.13. The van der Waals surface area contributed by atoms with Crippen LogP contribution in [0.2, 0.25) is 0 Å². The standard InChI is InChI=1S/C13H16BrNO4S/c1-8-11(13(16)17)6-10(7-12(8)14)20(18,19)15(2)9-4-3-5-9/h6-7,9H,3-5H2,1-2H3,(H,16,17). The van der Waals surface area contributed by atoms with Gasteiger partial charge in [0.15, 0.2) is 0 Å². The van der Waals surface area contributed by atoms with E-state index in [9.17, 15) is 13.2 Å². The minimum Gasteiger partial charge on any atom is -0.478 e. The Hall–Kier alpha value is -0.920. The van der Waals surface area contributed by atoms with Crippen molar-refractivity contribution >= 4 is 31.9 Å². The van der Waals surface area contributed by atoms with Crippen LogP contribution in [0, 0.1) is 6.92 Å². The van der Waals surface area contributed by atoms with Crippen molar-refractivity contribution in [3.63, 3.8) is 0 Å².